The number of hydrogen-bond acceptors (Lipinski definition) is 2. The first-order valence-electron chi connectivity index (χ1n) is 3.44. The molecule has 3 nitrogen and oxygen atoms in total. The third-order valence-electron chi connectivity index (χ3n) is 1.29. The zero-order valence-electron chi connectivity index (χ0n) is 6.54. The van der Waals surface area contributed by atoms with Crippen LogP contribution in [0.15, 0.2) is 24.3 Å². The molecule has 0 heterocycles. The van der Waals surface area contributed by atoms with Crippen LogP contribution in [0.25, 0.3) is 0 Å². The second-order valence-corrected chi connectivity index (χ2v) is 2.99. The summed E-state index contributed by atoms with van der Waals surface area (Å²) in [5.74, 6) is 0. The van der Waals surface area contributed by atoms with Crippen LogP contribution in [0.4, 0.5) is 5.69 Å². The first-order chi connectivity index (χ1) is 6.24. The fourth-order valence-corrected chi connectivity index (χ4v) is 1.11. The summed E-state index contributed by atoms with van der Waals surface area (Å²) in [6, 6.07) is 7.14. The van der Waals surface area contributed by atoms with E-state index >= 15 is 0 Å². The first kappa shape index (κ1) is 13.7. The zero-order chi connectivity index (χ0) is 9.68. The fraction of sp³-hybridized carbons (Fsp3) is 0. The van der Waals surface area contributed by atoms with Crippen LogP contribution in [-0.4, -0.2) is 34.7 Å². The Morgan fingerprint density at radius 2 is 2.07 bits per heavy atom. The molecule has 0 unspecified atom stereocenters. The molecule has 0 aliphatic carbocycles. The number of halogens is 1. The maximum absolute atomic E-state index is 8.26. The molecular formula is C8H7ClN3NaS. The van der Waals surface area contributed by atoms with Gasteiger partial charge in [0.25, 0.3) is 0 Å². The molecule has 2 N–H and O–H groups in total. The molecule has 0 fully saturated rings. The predicted molar refractivity (Wildman–Crippen MR) is 63.6 cm³/mol. The minimum atomic E-state index is 0. The molecule has 0 aliphatic heterocycles. The third-order valence-corrected chi connectivity index (χ3v) is 1.83. The molecule has 0 saturated carbocycles. The van der Waals surface area contributed by atoms with Gasteiger partial charge in [-0.15, -0.1) is 0 Å². The van der Waals surface area contributed by atoms with Crippen LogP contribution in [0.3, 0.4) is 0 Å². The van der Waals surface area contributed by atoms with Crippen molar-refractivity contribution in [3.8, 4) is 6.19 Å². The van der Waals surface area contributed by atoms with Gasteiger partial charge in [-0.2, -0.15) is 5.26 Å². The monoisotopic (exact) mass is 235 g/mol. The van der Waals surface area contributed by atoms with Gasteiger partial charge in [0.15, 0.2) is 11.3 Å². The number of hydrogen-bond donors (Lipinski definition) is 2. The van der Waals surface area contributed by atoms with Crippen molar-refractivity contribution in [2.24, 2.45) is 0 Å². The van der Waals surface area contributed by atoms with E-state index in [1.54, 1.807) is 18.3 Å². The summed E-state index contributed by atoms with van der Waals surface area (Å²) in [6.45, 7) is 0. The maximum atomic E-state index is 8.26. The Morgan fingerprint density at radius 1 is 1.43 bits per heavy atom. The molecule has 0 bridgehead atoms. The van der Waals surface area contributed by atoms with E-state index in [1.807, 2.05) is 12.1 Å². The molecule has 1 rings (SSSR count). The Hall–Kier alpha value is -0.310. The van der Waals surface area contributed by atoms with Crippen molar-refractivity contribution in [3.63, 3.8) is 0 Å². The van der Waals surface area contributed by atoms with Crippen molar-refractivity contribution in [1.82, 2.24) is 5.32 Å². The number of nitrogens with zero attached hydrogens (tertiary/aromatic N) is 1. The second-order valence-electron chi connectivity index (χ2n) is 2.17. The molecule has 1 aromatic carbocycles. The van der Waals surface area contributed by atoms with Gasteiger partial charge in [-0.05, 0) is 24.4 Å². The Bertz CT molecular complexity index is 364. The van der Waals surface area contributed by atoms with Crippen LogP contribution in [0.1, 0.15) is 0 Å². The van der Waals surface area contributed by atoms with Crippen molar-refractivity contribution in [2.45, 2.75) is 0 Å². The van der Waals surface area contributed by atoms with E-state index in [9.17, 15) is 0 Å². The van der Waals surface area contributed by atoms with Gasteiger partial charge in [0.2, 0.25) is 0 Å². The van der Waals surface area contributed by atoms with Gasteiger partial charge < -0.3 is 5.32 Å². The van der Waals surface area contributed by atoms with Crippen molar-refractivity contribution in [3.05, 3.63) is 29.3 Å². The quantitative estimate of drug-likeness (QED) is 0.335. The van der Waals surface area contributed by atoms with Gasteiger partial charge in [-0.3, -0.25) is 5.32 Å². The summed E-state index contributed by atoms with van der Waals surface area (Å²) in [5, 5.41) is 14.1. The number of benzene rings is 1. The third kappa shape index (κ3) is 4.27. The van der Waals surface area contributed by atoms with E-state index in [-0.39, 0.29) is 34.7 Å². The SMILES string of the molecule is N#CNC(=S)Nc1ccccc1Cl.[NaH]. The average molecular weight is 236 g/mol. The summed E-state index contributed by atoms with van der Waals surface area (Å²) in [5.41, 5.74) is 0.678. The van der Waals surface area contributed by atoms with Crippen molar-refractivity contribution >= 4 is 64.2 Å². The Balaban J connectivity index is 0.00000169. The second kappa shape index (κ2) is 7.04. The summed E-state index contributed by atoms with van der Waals surface area (Å²) >= 11 is 10.6. The fourth-order valence-electron chi connectivity index (χ4n) is 0.767. The summed E-state index contributed by atoms with van der Waals surface area (Å²) < 4.78 is 0. The van der Waals surface area contributed by atoms with Gasteiger partial charge in [0.1, 0.15) is 0 Å². The van der Waals surface area contributed by atoms with Crippen LogP contribution < -0.4 is 10.6 Å². The number of rotatable bonds is 1. The molecule has 0 atom stereocenters. The van der Waals surface area contributed by atoms with E-state index in [4.69, 9.17) is 29.1 Å². The van der Waals surface area contributed by atoms with Crippen LogP contribution >= 0.6 is 23.8 Å². The standard InChI is InChI=1S/C8H6ClN3S.Na.H/c9-6-3-1-2-4-7(6)12-8(13)11-5-10;;/h1-4H,(H2,11,12,13);;. The van der Waals surface area contributed by atoms with Crippen LogP contribution in [0, 0.1) is 11.5 Å². The van der Waals surface area contributed by atoms with Crippen molar-refractivity contribution < 1.29 is 0 Å². The number of nitrogens with one attached hydrogen (secondary N) is 2. The first-order valence-corrected chi connectivity index (χ1v) is 4.23. The molecule has 6 heteroatoms. The van der Waals surface area contributed by atoms with Gasteiger partial charge >= 0.3 is 29.6 Å². The van der Waals surface area contributed by atoms with Crippen LogP contribution in [0.5, 0.6) is 0 Å². The normalized spacial score (nSPS) is 8.00. The zero-order valence-corrected chi connectivity index (χ0v) is 8.12. The molecule has 0 radical (unpaired) electrons. The Morgan fingerprint density at radius 3 is 2.64 bits per heavy atom. The van der Waals surface area contributed by atoms with E-state index in [0.29, 0.717) is 10.7 Å². The van der Waals surface area contributed by atoms with Gasteiger partial charge in [0.05, 0.1) is 10.7 Å². The number of thiocarbonyl (C=S) groups is 1. The van der Waals surface area contributed by atoms with E-state index in [2.05, 4.69) is 10.6 Å². The summed E-state index contributed by atoms with van der Waals surface area (Å²) in [7, 11) is 0. The molecule has 68 valence electrons. The van der Waals surface area contributed by atoms with E-state index < -0.39 is 0 Å². The van der Waals surface area contributed by atoms with Crippen LogP contribution in [-0.2, 0) is 0 Å². The topological polar surface area (TPSA) is 47.9 Å². The Kier molecular flexibility index (Phi) is 6.89. The molecule has 0 aliphatic rings. The predicted octanol–water partition coefficient (Wildman–Crippen LogP) is 1.46. The number of para-hydroxylation sites is 1. The molecule has 0 saturated heterocycles. The summed E-state index contributed by atoms with van der Waals surface area (Å²) in [4.78, 5) is 0. The van der Waals surface area contributed by atoms with E-state index in [0.717, 1.165) is 0 Å². The number of nitriles is 1. The molecule has 14 heavy (non-hydrogen) atoms. The van der Waals surface area contributed by atoms with Crippen molar-refractivity contribution in [1.29, 1.82) is 5.26 Å². The van der Waals surface area contributed by atoms with E-state index in [1.165, 1.54) is 0 Å². The molecule has 0 aromatic heterocycles. The van der Waals surface area contributed by atoms with Gasteiger partial charge in [0, 0.05) is 0 Å². The average Bonchev–Trinajstić information content (AvgIpc) is 2.09. The molecule has 0 amide bonds. The van der Waals surface area contributed by atoms with Gasteiger partial charge in [-0.25, -0.2) is 0 Å². The number of anilines is 1. The van der Waals surface area contributed by atoms with Gasteiger partial charge in [-0.1, -0.05) is 23.7 Å². The Labute approximate surface area is 115 Å². The molecular weight excluding hydrogens is 229 g/mol. The van der Waals surface area contributed by atoms with Crippen LogP contribution in [0.2, 0.25) is 5.02 Å². The molecule has 0 spiro atoms. The van der Waals surface area contributed by atoms with Crippen molar-refractivity contribution in [2.75, 3.05) is 5.32 Å². The summed E-state index contributed by atoms with van der Waals surface area (Å²) in [6.07, 6.45) is 1.71. The minimum absolute atomic E-state index is 0. The molecule has 1 aromatic rings.